The van der Waals surface area contributed by atoms with E-state index in [0.717, 1.165) is 35.4 Å². The Hall–Kier alpha value is -3.68. The van der Waals surface area contributed by atoms with Gasteiger partial charge in [0.15, 0.2) is 5.82 Å². The molecule has 8 heteroatoms. The van der Waals surface area contributed by atoms with E-state index in [1.807, 2.05) is 48.5 Å². The van der Waals surface area contributed by atoms with Gasteiger partial charge in [-0.1, -0.05) is 93.8 Å². The largest absolute Gasteiger partial charge is 0.496 e. The van der Waals surface area contributed by atoms with Gasteiger partial charge >= 0.3 is 11.9 Å². The second-order valence-electron chi connectivity index (χ2n) is 9.98. The van der Waals surface area contributed by atoms with Crippen LogP contribution in [0.4, 0.5) is 0 Å². The normalized spacial score (nSPS) is 10.9. The molecule has 0 aliphatic carbocycles. The van der Waals surface area contributed by atoms with Crippen molar-refractivity contribution in [1.82, 2.24) is 15.0 Å². The van der Waals surface area contributed by atoms with Gasteiger partial charge in [-0.2, -0.15) is 4.98 Å². The van der Waals surface area contributed by atoms with E-state index in [2.05, 4.69) is 17.1 Å². The van der Waals surface area contributed by atoms with Crippen LogP contribution in [-0.2, 0) is 33.8 Å². The number of rotatable bonds is 17. The average Bonchev–Trinajstić information content (AvgIpc) is 3.45. The molecule has 3 aromatic rings. The van der Waals surface area contributed by atoms with Gasteiger partial charge < -0.3 is 18.9 Å². The molecule has 40 heavy (non-hydrogen) atoms. The van der Waals surface area contributed by atoms with Crippen LogP contribution >= 0.6 is 0 Å². The lowest BCUT2D eigenvalue weighted by atomic mass is 10.1. The number of amides is 1. The quantitative estimate of drug-likeness (QED) is 0.103. The Balaban J connectivity index is 1.56. The molecule has 0 N–H and O–H groups in total. The fourth-order valence-corrected chi connectivity index (χ4v) is 4.60. The number of aryl methyl sites for hydroxylation is 1. The van der Waals surface area contributed by atoms with Gasteiger partial charge in [0.2, 0.25) is 0 Å². The molecule has 2 aromatic carbocycles. The maximum absolute atomic E-state index is 12.9. The predicted octanol–water partition coefficient (Wildman–Crippen LogP) is 6.91. The summed E-state index contributed by atoms with van der Waals surface area (Å²) in [6.07, 6.45) is 12.3. The van der Waals surface area contributed by atoms with Gasteiger partial charge in [0.25, 0.3) is 5.89 Å². The van der Waals surface area contributed by atoms with Crippen molar-refractivity contribution in [2.45, 2.75) is 91.1 Å². The fourth-order valence-electron chi connectivity index (χ4n) is 4.60. The molecular weight excluding hydrogens is 506 g/mol. The van der Waals surface area contributed by atoms with Crippen molar-refractivity contribution in [2.24, 2.45) is 0 Å². The summed E-state index contributed by atoms with van der Waals surface area (Å²) in [6, 6.07) is 15.0. The predicted molar refractivity (Wildman–Crippen MR) is 155 cm³/mol. The van der Waals surface area contributed by atoms with Crippen LogP contribution in [0.5, 0.6) is 5.75 Å². The zero-order valence-electron chi connectivity index (χ0n) is 24.2. The highest BCUT2D eigenvalue weighted by Crippen LogP contribution is 2.23. The first-order valence-corrected chi connectivity index (χ1v) is 14.6. The Morgan fingerprint density at radius 1 is 0.850 bits per heavy atom. The summed E-state index contributed by atoms with van der Waals surface area (Å²) in [5, 5.41) is 4.15. The topological polar surface area (TPSA) is 94.8 Å². The number of benzene rings is 2. The lowest BCUT2D eigenvalue weighted by molar-refractivity contribution is -0.160. The minimum absolute atomic E-state index is 0.132. The molecule has 0 radical (unpaired) electrons. The number of para-hydroxylation sites is 1. The fraction of sp³-hybridized carbons (Fsp3) is 0.500. The van der Waals surface area contributed by atoms with Crippen LogP contribution in [0.15, 0.2) is 53.1 Å². The number of nitrogens with zero attached hydrogens (tertiary/aromatic N) is 3. The van der Waals surface area contributed by atoms with E-state index in [4.69, 9.17) is 14.0 Å². The van der Waals surface area contributed by atoms with E-state index in [0.29, 0.717) is 11.6 Å². The number of hydrogen-bond acceptors (Lipinski definition) is 7. The monoisotopic (exact) mass is 549 g/mol. The van der Waals surface area contributed by atoms with Crippen molar-refractivity contribution in [3.05, 3.63) is 65.5 Å². The summed E-state index contributed by atoms with van der Waals surface area (Å²) < 4.78 is 15.9. The Labute approximate surface area is 238 Å². The number of carbonyl (C=O) groups is 2. The highest BCUT2D eigenvalue weighted by molar-refractivity contribution is 6.32. The second-order valence-corrected chi connectivity index (χ2v) is 9.98. The summed E-state index contributed by atoms with van der Waals surface area (Å²) in [5.41, 5.74) is 2.46. The Bertz CT molecular complexity index is 1180. The van der Waals surface area contributed by atoms with E-state index >= 15 is 0 Å². The summed E-state index contributed by atoms with van der Waals surface area (Å²) in [4.78, 5) is 31.2. The third-order valence-electron chi connectivity index (χ3n) is 6.84. The number of ether oxygens (including phenoxy) is 2. The van der Waals surface area contributed by atoms with Crippen molar-refractivity contribution in [2.75, 3.05) is 13.7 Å². The number of carbonyl (C=O) groups excluding carboxylic acids is 2. The number of hydrogen-bond donors (Lipinski definition) is 0. The summed E-state index contributed by atoms with van der Waals surface area (Å²) in [6.45, 7) is 4.48. The van der Waals surface area contributed by atoms with Crippen LogP contribution in [0.1, 0.15) is 88.6 Å². The smallest absolute Gasteiger partial charge is 0.397 e. The van der Waals surface area contributed by atoms with Crippen LogP contribution in [0.3, 0.4) is 0 Å². The van der Waals surface area contributed by atoms with E-state index in [1.165, 1.54) is 56.3 Å². The van der Waals surface area contributed by atoms with Crippen LogP contribution in [0.2, 0.25) is 0 Å². The van der Waals surface area contributed by atoms with Gasteiger partial charge in [0.05, 0.1) is 20.3 Å². The zero-order chi connectivity index (χ0) is 28.6. The molecule has 0 aliphatic heterocycles. The number of aromatic nitrogens is 2. The van der Waals surface area contributed by atoms with Crippen LogP contribution < -0.4 is 4.74 Å². The molecule has 1 amide bonds. The number of esters is 1. The SMILES string of the molecule is CCCCCCCCCCCc1noc(-c2ccc(CN(Cc3ccccc3OC)C(=O)C(=O)OCC)cc2)n1. The third-order valence-corrected chi connectivity index (χ3v) is 6.84. The molecule has 0 fully saturated rings. The van der Waals surface area contributed by atoms with Crippen LogP contribution in [0, 0.1) is 0 Å². The third kappa shape index (κ3) is 9.81. The Morgan fingerprint density at radius 2 is 1.52 bits per heavy atom. The highest BCUT2D eigenvalue weighted by Gasteiger charge is 2.24. The molecule has 1 aromatic heterocycles. The average molecular weight is 550 g/mol. The Kier molecular flexibility index (Phi) is 13.2. The van der Waals surface area contributed by atoms with Gasteiger partial charge in [-0.25, -0.2) is 4.79 Å². The first kappa shape index (κ1) is 30.9. The molecule has 0 spiro atoms. The van der Waals surface area contributed by atoms with Crippen molar-refractivity contribution in [3.63, 3.8) is 0 Å². The summed E-state index contributed by atoms with van der Waals surface area (Å²) in [5.74, 6) is 0.277. The molecule has 0 bridgehead atoms. The Morgan fingerprint density at radius 3 is 2.20 bits per heavy atom. The van der Waals surface area contributed by atoms with Gasteiger partial charge in [-0.05, 0) is 37.1 Å². The van der Waals surface area contributed by atoms with Crippen molar-refractivity contribution in [3.8, 4) is 17.2 Å². The van der Waals surface area contributed by atoms with Crippen LogP contribution in [0.25, 0.3) is 11.5 Å². The molecule has 216 valence electrons. The van der Waals surface area contributed by atoms with Gasteiger partial charge in [-0.3, -0.25) is 4.79 Å². The molecule has 0 unspecified atom stereocenters. The second kappa shape index (κ2) is 17.1. The van der Waals surface area contributed by atoms with Crippen molar-refractivity contribution < 1.29 is 23.6 Å². The molecule has 8 nitrogen and oxygen atoms in total. The van der Waals surface area contributed by atoms with E-state index in [9.17, 15) is 9.59 Å². The lowest BCUT2D eigenvalue weighted by Crippen LogP contribution is -2.36. The maximum atomic E-state index is 12.9. The molecule has 3 rings (SSSR count). The summed E-state index contributed by atoms with van der Waals surface area (Å²) >= 11 is 0. The maximum Gasteiger partial charge on any atom is 0.397 e. The first-order chi connectivity index (χ1) is 19.5. The highest BCUT2D eigenvalue weighted by atomic mass is 16.5. The zero-order valence-corrected chi connectivity index (χ0v) is 24.2. The minimum Gasteiger partial charge on any atom is -0.496 e. The molecule has 0 atom stereocenters. The van der Waals surface area contributed by atoms with Gasteiger partial charge in [0.1, 0.15) is 5.75 Å². The molecular formula is C32H43N3O5. The van der Waals surface area contributed by atoms with E-state index in [-0.39, 0.29) is 19.7 Å². The minimum atomic E-state index is -0.876. The first-order valence-electron chi connectivity index (χ1n) is 14.6. The molecule has 0 saturated carbocycles. The van der Waals surface area contributed by atoms with Crippen LogP contribution in [-0.4, -0.2) is 40.6 Å². The number of methoxy groups -OCH3 is 1. The van der Waals surface area contributed by atoms with E-state index in [1.54, 1.807) is 14.0 Å². The lowest BCUT2D eigenvalue weighted by Gasteiger charge is -2.23. The van der Waals surface area contributed by atoms with E-state index < -0.39 is 11.9 Å². The number of unbranched alkanes of at least 4 members (excludes halogenated alkanes) is 8. The van der Waals surface area contributed by atoms with Gasteiger partial charge in [0, 0.05) is 24.1 Å². The molecule has 0 aliphatic rings. The van der Waals surface area contributed by atoms with Crippen molar-refractivity contribution in [1.29, 1.82) is 0 Å². The molecule has 0 saturated heterocycles. The standard InChI is InChI=1S/C32H43N3O5/c1-4-6-7-8-9-10-11-12-13-18-29-33-30(40-34-29)26-21-19-25(20-22-26)23-35(31(36)32(37)39-5-2)24-27-16-14-15-17-28(27)38-3/h14-17,19-22H,4-13,18,23-24H2,1-3H3. The van der Waals surface area contributed by atoms with Crippen molar-refractivity contribution >= 4 is 11.9 Å². The van der Waals surface area contributed by atoms with Gasteiger partial charge in [-0.15, -0.1) is 0 Å². The summed E-state index contributed by atoms with van der Waals surface area (Å²) in [7, 11) is 1.58. The molecule has 1 heterocycles.